The molecule has 1 aliphatic rings. The molecule has 0 aliphatic carbocycles. The van der Waals surface area contributed by atoms with E-state index in [1.807, 2.05) is 0 Å². The maximum absolute atomic E-state index is 11.7. The molecule has 0 aromatic carbocycles. The van der Waals surface area contributed by atoms with Crippen LogP contribution in [0, 0.1) is 0 Å². The fraction of sp³-hybridized carbons (Fsp3) is 0.846. The van der Waals surface area contributed by atoms with Gasteiger partial charge in [-0.25, -0.2) is 0 Å². The summed E-state index contributed by atoms with van der Waals surface area (Å²) in [5, 5.41) is 2.87. The van der Waals surface area contributed by atoms with Crippen LogP contribution in [0.2, 0.25) is 0 Å². The van der Waals surface area contributed by atoms with Crippen LogP contribution in [0.15, 0.2) is 0 Å². The smallest absolute Gasteiger partial charge is 0.234 e. The second-order valence-electron chi connectivity index (χ2n) is 4.87. The summed E-state index contributed by atoms with van der Waals surface area (Å²) in [7, 11) is 1.65. The van der Waals surface area contributed by atoms with Crippen molar-refractivity contribution in [1.82, 2.24) is 10.2 Å². The summed E-state index contributed by atoms with van der Waals surface area (Å²) < 4.78 is 4.92. The van der Waals surface area contributed by atoms with E-state index in [0.717, 1.165) is 25.8 Å². The summed E-state index contributed by atoms with van der Waals surface area (Å²) in [6, 6.07) is 0.257. The Bertz CT molecular complexity index is 281. The molecule has 0 spiro atoms. The van der Waals surface area contributed by atoms with Crippen LogP contribution >= 0.6 is 0 Å². The Hall–Kier alpha value is -0.940. The molecule has 0 aromatic rings. The lowest BCUT2D eigenvalue weighted by Crippen LogP contribution is -2.40. The first-order valence-electron chi connectivity index (χ1n) is 6.62. The SMILES string of the molecule is COCCCNC(=O)CN1CCCC1CC(C)=O. The van der Waals surface area contributed by atoms with Gasteiger partial charge in [0.05, 0.1) is 6.54 Å². The number of rotatable bonds is 8. The molecule has 1 amide bonds. The predicted molar refractivity (Wildman–Crippen MR) is 69.4 cm³/mol. The normalized spacial score (nSPS) is 20.0. The van der Waals surface area contributed by atoms with Crippen molar-refractivity contribution < 1.29 is 14.3 Å². The summed E-state index contributed by atoms with van der Waals surface area (Å²) in [6.45, 7) is 4.25. The van der Waals surface area contributed by atoms with Gasteiger partial charge < -0.3 is 10.1 Å². The number of likely N-dealkylation sites (tertiary alicyclic amines) is 1. The number of methoxy groups -OCH3 is 1. The molecule has 0 saturated carbocycles. The van der Waals surface area contributed by atoms with Crippen LogP contribution < -0.4 is 5.32 Å². The third kappa shape index (κ3) is 5.60. The third-order valence-electron chi connectivity index (χ3n) is 3.22. The number of amides is 1. The van der Waals surface area contributed by atoms with Gasteiger partial charge in [-0.05, 0) is 32.7 Å². The Morgan fingerprint density at radius 3 is 2.89 bits per heavy atom. The number of ketones is 1. The molecule has 5 nitrogen and oxygen atoms in total. The number of carbonyl (C=O) groups excluding carboxylic acids is 2. The maximum atomic E-state index is 11.7. The molecule has 0 bridgehead atoms. The first-order valence-corrected chi connectivity index (χ1v) is 6.62. The monoisotopic (exact) mass is 256 g/mol. The first-order chi connectivity index (χ1) is 8.63. The van der Waals surface area contributed by atoms with Crippen LogP contribution in [0.25, 0.3) is 0 Å². The van der Waals surface area contributed by atoms with Crippen molar-refractivity contribution >= 4 is 11.7 Å². The summed E-state index contributed by atoms with van der Waals surface area (Å²) in [5.74, 6) is 0.244. The second-order valence-corrected chi connectivity index (χ2v) is 4.87. The molecule has 1 rings (SSSR count). The molecular formula is C13H24N2O3. The fourth-order valence-electron chi connectivity index (χ4n) is 2.35. The quantitative estimate of drug-likeness (QED) is 0.646. The summed E-state index contributed by atoms with van der Waals surface area (Å²) in [4.78, 5) is 25.0. The molecule has 1 aliphatic heterocycles. The van der Waals surface area contributed by atoms with E-state index in [4.69, 9.17) is 4.74 Å². The number of nitrogens with one attached hydrogen (secondary N) is 1. The van der Waals surface area contributed by atoms with Crippen LogP contribution in [0.5, 0.6) is 0 Å². The zero-order valence-electron chi connectivity index (χ0n) is 11.4. The molecular weight excluding hydrogens is 232 g/mol. The molecule has 1 atom stereocenters. The van der Waals surface area contributed by atoms with Gasteiger partial charge in [-0.3, -0.25) is 14.5 Å². The van der Waals surface area contributed by atoms with Gasteiger partial charge >= 0.3 is 0 Å². The minimum absolute atomic E-state index is 0.0431. The summed E-state index contributed by atoms with van der Waals surface area (Å²) in [6.07, 6.45) is 3.50. The number of Topliss-reactive ketones (excluding diaryl/α,β-unsaturated/α-hetero) is 1. The van der Waals surface area contributed by atoms with Crippen LogP contribution in [-0.4, -0.2) is 56.0 Å². The molecule has 1 saturated heterocycles. The lowest BCUT2D eigenvalue weighted by atomic mass is 10.1. The van der Waals surface area contributed by atoms with Gasteiger partial charge in [0, 0.05) is 32.7 Å². The van der Waals surface area contributed by atoms with E-state index in [1.54, 1.807) is 14.0 Å². The number of ether oxygens (including phenoxy) is 1. The number of hydrogen-bond donors (Lipinski definition) is 1. The van der Waals surface area contributed by atoms with Crippen LogP contribution in [-0.2, 0) is 14.3 Å². The van der Waals surface area contributed by atoms with Crippen molar-refractivity contribution in [3.8, 4) is 0 Å². The number of nitrogens with zero attached hydrogens (tertiary/aromatic N) is 1. The Labute approximate surface area is 109 Å². The Morgan fingerprint density at radius 2 is 2.22 bits per heavy atom. The Balaban J connectivity index is 2.23. The second kappa shape index (κ2) is 8.21. The van der Waals surface area contributed by atoms with E-state index in [1.165, 1.54) is 0 Å². The summed E-state index contributed by atoms with van der Waals surface area (Å²) >= 11 is 0. The highest BCUT2D eigenvalue weighted by atomic mass is 16.5. The minimum Gasteiger partial charge on any atom is -0.385 e. The molecule has 104 valence electrons. The van der Waals surface area contributed by atoms with Crippen LogP contribution in [0.4, 0.5) is 0 Å². The van der Waals surface area contributed by atoms with Gasteiger partial charge in [-0.1, -0.05) is 0 Å². The predicted octanol–water partition coefficient (Wildman–Crippen LogP) is 0.583. The van der Waals surface area contributed by atoms with E-state index in [2.05, 4.69) is 10.2 Å². The van der Waals surface area contributed by atoms with E-state index >= 15 is 0 Å². The molecule has 0 radical (unpaired) electrons. The molecule has 5 heteroatoms. The van der Waals surface area contributed by atoms with E-state index in [0.29, 0.717) is 26.1 Å². The average Bonchev–Trinajstić information content (AvgIpc) is 2.71. The standard InChI is InChI=1S/C13H24N2O3/c1-11(16)9-12-5-3-7-15(12)10-13(17)14-6-4-8-18-2/h12H,3-10H2,1-2H3,(H,14,17). The van der Waals surface area contributed by atoms with Crippen LogP contribution in [0.1, 0.15) is 32.6 Å². The minimum atomic E-state index is 0.0431. The van der Waals surface area contributed by atoms with E-state index in [-0.39, 0.29) is 17.7 Å². The highest BCUT2D eigenvalue weighted by Crippen LogP contribution is 2.19. The fourth-order valence-corrected chi connectivity index (χ4v) is 2.35. The zero-order chi connectivity index (χ0) is 13.4. The van der Waals surface area contributed by atoms with Gasteiger partial charge in [0.25, 0.3) is 0 Å². The molecule has 1 heterocycles. The Kier molecular flexibility index (Phi) is 6.90. The van der Waals surface area contributed by atoms with Gasteiger partial charge in [-0.2, -0.15) is 0 Å². The van der Waals surface area contributed by atoms with E-state index < -0.39 is 0 Å². The van der Waals surface area contributed by atoms with Crippen molar-refractivity contribution in [2.45, 2.75) is 38.6 Å². The topological polar surface area (TPSA) is 58.6 Å². The highest BCUT2D eigenvalue weighted by Gasteiger charge is 2.26. The van der Waals surface area contributed by atoms with Gasteiger partial charge in [0.1, 0.15) is 5.78 Å². The highest BCUT2D eigenvalue weighted by molar-refractivity contribution is 5.78. The van der Waals surface area contributed by atoms with Crippen molar-refractivity contribution in [3.05, 3.63) is 0 Å². The largest absolute Gasteiger partial charge is 0.385 e. The number of carbonyl (C=O) groups is 2. The molecule has 0 aromatic heterocycles. The van der Waals surface area contributed by atoms with Crippen molar-refractivity contribution in [2.24, 2.45) is 0 Å². The lowest BCUT2D eigenvalue weighted by Gasteiger charge is -2.22. The van der Waals surface area contributed by atoms with Crippen molar-refractivity contribution in [2.75, 3.05) is 33.4 Å². The zero-order valence-corrected chi connectivity index (χ0v) is 11.4. The molecule has 18 heavy (non-hydrogen) atoms. The van der Waals surface area contributed by atoms with Gasteiger partial charge in [0.15, 0.2) is 0 Å². The third-order valence-corrected chi connectivity index (χ3v) is 3.22. The molecule has 1 N–H and O–H groups in total. The maximum Gasteiger partial charge on any atom is 0.234 e. The summed E-state index contributed by atoms with van der Waals surface area (Å²) in [5.41, 5.74) is 0. The molecule has 1 unspecified atom stereocenters. The number of hydrogen-bond acceptors (Lipinski definition) is 4. The lowest BCUT2D eigenvalue weighted by molar-refractivity contribution is -0.123. The van der Waals surface area contributed by atoms with Crippen LogP contribution in [0.3, 0.4) is 0 Å². The van der Waals surface area contributed by atoms with E-state index in [9.17, 15) is 9.59 Å². The van der Waals surface area contributed by atoms with Crippen molar-refractivity contribution in [3.63, 3.8) is 0 Å². The molecule has 1 fully saturated rings. The van der Waals surface area contributed by atoms with Gasteiger partial charge in [-0.15, -0.1) is 0 Å². The van der Waals surface area contributed by atoms with Crippen molar-refractivity contribution in [1.29, 1.82) is 0 Å². The first kappa shape index (κ1) is 15.1. The Morgan fingerprint density at radius 1 is 1.44 bits per heavy atom. The average molecular weight is 256 g/mol. The van der Waals surface area contributed by atoms with Gasteiger partial charge in [0.2, 0.25) is 5.91 Å².